The van der Waals surface area contributed by atoms with Crippen LogP contribution in [0.25, 0.3) is 0 Å². The van der Waals surface area contributed by atoms with Gasteiger partial charge in [-0.3, -0.25) is 4.79 Å². The van der Waals surface area contributed by atoms with Crippen LogP contribution in [-0.2, 0) is 14.6 Å². The number of nitrogens with one attached hydrogen (secondary N) is 1. The summed E-state index contributed by atoms with van der Waals surface area (Å²) < 4.78 is 37.6. The molecule has 0 aliphatic rings. The molecule has 1 aromatic rings. The Kier molecular flexibility index (Phi) is 6.38. The average Bonchev–Trinajstić information content (AvgIpc) is 2.35. The summed E-state index contributed by atoms with van der Waals surface area (Å²) >= 11 is 5.72. The Balaban J connectivity index is 2.97. The van der Waals surface area contributed by atoms with Crippen LogP contribution < -0.4 is 5.32 Å². The zero-order valence-corrected chi connectivity index (χ0v) is 14.6. The van der Waals surface area contributed by atoms with Crippen molar-refractivity contribution in [3.05, 3.63) is 34.6 Å². The Morgan fingerprint density at radius 3 is 2.32 bits per heavy atom. The van der Waals surface area contributed by atoms with Gasteiger partial charge in [-0.2, -0.15) is 0 Å². The molecule has 0 saturated heterocycles. The lowest BCUT2D eigenvalue weighted by Crippen LogP contribution is -2.37. The van der Waals surface area contributed by atoms with Crippen LogP contribution in [-0.4, -0.2) is 25.3 Å². The number of carbonyl (C=O) groups is 1. The van der Waals surface area contributed by atoms with E-state index in [4.69, 9.17) is 11.6 Å². The molecule has 0 radical (unpaired) electrons. The SMILES string of the molecule is CC(C)[C@@H](NC(=O)CS(=O)(=O)C(C)C)c1ccc(Cl)cc1F. The van der Waals surface area contributed by atoms with Crippen molar-refractivity contribution in [3.63, 3.8) is 0 Å². The Morgan fingerprint density at radius 1 is 1.27 bits per heavy atom. The fourth-order valence-corrected chi connectivity index (χ4v) is 2.86. The van der Waals surface area contributed by atoms with Crippen molar-refractivity contribution in [3.8, 4) is 0 Å². The monoisotopic (exact) mass is 349 g/mol. The summed E-state index contributed by atoms with van der Waals surface area (Å²) in [5.74, 6) is -1.88. The zero-order chi connectivity index (χ0) is 17.1. The zero-order valence-electron chi connectivity index (χ0n) is 13.1. The maximum atomic E-state index is 14.0. The van der Waals surface area contributed by atoms with Gasteiger partial charge in [-0.25, -0.2) is 12.8 Å². The second-order valence-corrected chi connectivity index (χ2v) is 8.80. The second kappa shape index (κ2) is 7.42. The first-order valence-electron chi connectivity index (χ1n) is 7.00. The molecule has 1 rings (SSSR count). The van der Waals surface area contributed by atoms with E-state index in [1.54, 1.807) is 0 Å². The Morgan fingerprint density at radius 2 is 1.86 bits per heavy atom. The predicted molar refractivity (Wildman–Crippen MR) is 86.1 cm³/mol. The summed E-state index contributed by atoms with van der Waals surface area (Å²) in [5, 5.41) is 2.23. The molecule has 124 valence electrons. The van der Waals surface area contributed by atoms with Gasteiger partial charge in [-0.05, 0) is 31.9 Å². The fourth-order valence-electron chi connectivity index (χ4n) is 1.92. The van der Waals surface area contributed by atoms with Crippen molar-refractivity contribution >= 4 is 27.3 Å². The molecule has 0 aliphatic heterocycles. The highest BCUT2D eigenvalue weighted by Gasteiger charge is 2.26. The van der Waals surface area contributed by atoms with Crippen molar-refractivity contribution < 1.29 is 17.6 Å². The van der Waals surface area contributed by atoms with Crippen LogP contribution >= 0.6 is 11.6 Å². The van der Waals surface area contributed by atoms with E-state index < -0.39 is 38.6 Å². The first-order valence-corrected chi connectivity index (χ1v) is 9.09. The Hall–Kier alpha value is -1.14. The number of rotatable bonds is 6. The lowest BCUT2D eigenvalue weighted by atomic mass is 9.95. The summed E-state index contributed by atoms with van der Waals surface area (Å²) in [6, 6.07) is 3.59. The molecular formula is C15H21ClFNO3S. The molecule has 1 atom stereocenters. The first kappa shape index (κ1) is 18.9. The van der Waals surface area contributed by atoms with Crippen LogP contribution in [0.2, 0.25) is 5.02 Å². The first-order chi connectivity index (χ1) is 10.0. The van der Waals surface area contributed by atoms with E-state index in [1.165, 1.54) is 32.0 Å². The minimum Gasteiger partial charge on any atom is -0.348 e. The molecule has 0 unspecified atom stereocenters. The highest BCUT2D eigenvalue weighted by atomic mass is 35.5. The second-order valence-electron chi connectivity index (χ2n) is 5.81. The number of carbonyl (C=O) groups excluding carboxylic acids is 1. The van der Waals surface area contributed by atoms with Crippen molar-refractivity contribution in [2.24, 2.45) is 5.92 Å². The van der Waals surface area contributed by atoms with Crippen LogP contribution in [0.4, 0.5) is 4.39 Å². The smallest absolute Gasteiger partial charge is 0.235 e. The number of halogens is 2. The van der Waals surface area contributed by atoms with Crippen LogP contribution in [0.15, 0.2) is 18.2 Å². The van der Waals surface area contributed by atoms with Crippen LogP contribution in [0.5, 0.6) is 0 Å². The van der Waals surface area contributed by atoms with Crippen LogP contribution in [0, 0.1) is 11.7 Å². The number of benzene rings is 1. The highest BCUT2D eigenvalue weighted by molar-refractivity contribution is 7.92. The summed E-state index contributed by atoms with van der Waals surface area (Å²) in [6.07, 6.45) is 0. The van der Waals surface area contributed by atoms with E-state index in [1.807, 2.05) is 13.8 Å². The molecule has 7 heteroatoms. The van der Waals surface area contributed by atoms with Gasteiger partial charge in [0.2, 0.25) is 5.91 Å². The summed E-state index contributed by atoms with van der Waals surface area (Å²) in [4.78, 5) is 12.0. The van der Waals surface area contributed by atoms with Crippen LogP contribution in [0.1, 0.15) is 39.3 Å². The third-order valence-corrected chi connectivity index (χ3v) is 5.67. The Bertz CT molecular complexity index is 644. The quantitative estimate of drug-likeness (QED) is 0.858. The average molecular weight is 350 g/mol. The minimum atomic E-state index is -3.49. The third kappa shape index (κ3) is 4.95. The number of sulfone groups is 1. The number of hydrogen-bond donors (Lipinski definition) is 1. The standard InChI is InChI=1S/C15H21ClFNO3S/c1-9(2)15(12-6-5-11(16)7-13(12)17)18-14(19)8-22(20,21)10(3)4/h5-7,9-10,15H,8H2,1-4H3,(H,18,19)/t15-/m1/s1. The molecule has 0 spiro atoms. The lowest BCUT2D eigenvalue weighted by molar-refractivity contribution is -0.119. The lowest BCUT2D eigenvalue weighted by Gasteiger charge is -2.23. The molecule has 0 saturated carbocycles. The molecular weight excluding hydrogens is 329 g/mol. The molecule has 1 aromatic carbocycles. The highest BCUT2D eigenvalue weighted by Crippen LogP contribution is 2.26. The molecule has 0 bridgehead atoms. The van der Waals surface area contributed by atoms with E-state index in [0.717, 1.165) is 0 Å². The van der Waals surface area contributed by atoms with E-state index in [2.05, 4.69) is 5.32 Å². The minimum absolute atomic E-state index is 0.110. The van der Waals surface area contributed by atoms with Gasteiger partial charge in [-0.15, -0.1) is 0 Å². The molecule has 0 aliphatic carbocycles. The van der Waals surface area contributed by atoms with Crippen molar-refractivity contribution in [1.82, 2.24) is 5.32 Å². The summed E-state index contributed by atoms with van der Waals surface area (Å²) in [6.45, 7) is 6.66. The van der Waals surface area contributed by atoms with Gasteiger partial charge in [0.15, 0.2) is 9.84 Å². The van der Waals surface area contributed by atoms with E-state index in [9.17, 15) is 17.6 Å². The maximum Gasteiger partial charge on any atom is 0.235 e. The maximum absolute atomic E-state index is 14.0. The van der Waals surface area contributed by atoms with Gasteiger partial charge in [-0.1, -0.05) is 31.5 Å². The van der Waals surface area contributed by atoms with Gasteiger partial charge in [0.25, 0.3) is 0 Å². The van der Waals surface area contributed by atoms with Gasteiger partial charge >= 0.3 is 0 Å². The van der Waals surface area contributed by atoms with Gasteiger partial charge in [0.05, 0.1) is 11.3 Å². The summed E-state index contributed by atoms with van der Waals surface area (Å²) in [7, 11) is -3.49. The topological polar surface area (TPSA) is 63.2 Å². The van der Waals surface area contributed by atoms with Crippen molar-refractivity contribution in [1.29, 1.82) is 0 Å². The predicted octanol–water partition coefficient (Wildman–Crippen LogP) is 3.12. The van der Waals surface area contributed by atoms with Gasteiger partial charge < -0.3 is 5.32 Å². The van der Waals surface area contributed by atoms with Crippen LogP contribution in [0.3, 0.4) is 0 Å². The largest absolute Gasteiger partial charge is 0.348 e. The van der Waals surface area contributed by atoms with Gasteiger partial charge in [0, 0.05) is 10.6 Å². The fraction of sp³-hybridized carbons (Fsp3) is 0.533. The molecule has 0 heterocycles. The number of hydrogen-bond acceptors (Lipinski definition) is 3. The van der Waals surface area contributed by atoms with Crippen molar-refractivity contribution in [2.45, 2.75) is 39.0 Å². The van der Waals surface area contributed by atoms with E-state index in [0.29, 0.717) is 0 Å². The third-order valence-electron chi connectivity index (χ3n) is 3.33. The molecule has 1 N–H and O–H groups in total. The molecule has 0 aromatic heterocycles. The molecule has 22 heavy (non-hydrogen) atoms. The Labute approximate surface area is 136 Å². The molecule has 4 nitrogen and oxygen atoms in total. The van der Waals surface area contributed by atoms with E-state index >= 15 is 0 Å². The number of amides is 1. The molecule has 1 amide bonds. The normalized spacial score (nSPS) is 13.5. The summed E-state index contributed by atoms with van der Waals surface area (Å²) in [5.41, 5.74) is 0.287. The van der Waals surface area contributed by atoms with Crippen molar-refractivity contribution in [2.75, 3.05) is 5.75 Å². The van der Waals surface area contributed by atoms with E-state index in [-0.39, 0.29) is 16.5 Å². The molecule has 0 fully saturated rings. The van der Waals surface area contributed by atoms with Gasteiger partial charge in [0.1, 0.15) is 11.6 Å².